The summed E-state index contributed by atoms with van der Waals surface area (Å²) in [6.07, 6.45) is -2.54. The van der Waals surface area contributed by atoms with Crippen molar-refractivity contribution in [1.82, 2.24) is 9.97 Å². The molecular weight excluding hydrogens is 513 g/mol. The summed E-state index contributed by atoms with van der Waals surface area (Å²) in [6, 6.07) is 11.4. The molecule has 1 fully saturated rings. The van der Waals surface area contributed by atoms with E-state index in [4.69, 9.17) is 26.0 Å². The van der Waals surface area contributed by atoms with E-state index < -0.39 is 24.3 Å². The molecule has 3 aromatic rings. The van der Waals surface area contributed by atoms with E-state index in [1.807, 2.05) is 0 Å². The van der Waals surface area contributed by atoms with E-state index in [0.717, 1.165) is 37.7 Å². The molecule has 5 N–H and O–H groups in total. The molecule has 39 heavy (non-hydrogen) atoms. The van der Waals surface area contributed by atoms with Gasteiger partial charge in [0.25, 0.3) is 0 Å². The van der Waals surface area contributed by atoms with Crippen LogP contribution in [0.1, 0.15) is 54.9 Å². The summed E-state index contributed by atoms with van der Waals surface area (Å²) in [5.41, 5.74) is 13.5. The molecule has 1 aromatic heterocycles. The predicted molar refractivity (Wildman–Crippen MR) is 139 cm³/mol. The van der Waals surface area contributed by atoms with Crippen molar-refractivity contribution in [1.29, 1.82) is 0 Å². The van der Waals surface area contributed by atoms with Crippen LogP contribution in [0.5, 0.6) is 11.6 Å². The number of anilines is 1. The van der Waals surface area contributed by atoms with Crippen LogP contribution < -0.4 is 20.9 Å². The van der Waals surface area contributed by atoms with Gasteiger partial charge < -0.3 is 26.0 Å². The fourth-order valence-corrected chi connectivity index (χ4v) is 4.55. The van der Waals surface area contributed by atoms with Gasteiger partial charge in [0, 0.05) is 17.2 Å². The number of rotatable bonds is 9. The number of nitrogens with zero attached hydrogens (tertiary/aromatic N) is 2. The highest BCUT2D eigenvalue weighted by Gasteiger charge is 2.45. The molecule has 208 valence electrons. The maximum atomic E-state index is 14.4. The van der Waals surface area contributed by atoms with Crippen LogP contribution in [0.25, 0.3) is 11.3 Å². The first kappa shape index (κ1) is 28.2. The van der Waals surface area contributed by atoms with Crippen molar-refractivity contribution in [3.05, 3.63) is 65.2 Å². The van der Waals surface area contributed by atoms with E-state index >= 15 is 0 Å². The number of ether oxygens (including phenoxy) is 2. The summed E-state index contributed by atoms with van der Waals surface area (Å²) in [7, 11) is 0. The summed E-state index contributed by atoms with van der Waals surface area (Å²) in [4.78, 5) is 19.0. The molecule has 1 heterocycles. The number of carboxylic acids is 1. The Morgan fingerprint density at radius 1 is 1.08 bits per heavy atom. The maximum absolute atomic E-state index is 14.4. The van der Waals surface area contributed by atoms with Gasteiger partial charge in [-0.25, -0.2) is 4.98 Å². The van der Waals surface area contributed by atoms with Crippen LogP contribution >= 0.6 is 0 Å². The highest BCUT2D eigenvalue weighted by molar-refractivity contribution is 5.73. The zero-order valence-electron chi connectivity index (χ0n) is 21.4. The average molecular weight is 545 g/mol. The quantitative estimate of drug-likeness (QED) is 0.327. The van der Waals surface area contributed by atoms with Crippen LogP contribution in [0, 0.1) is 6.92 Å². The third kappa shape index (κ3) is 7.38. The number of alkyl halides is 3. The molecule has 11 heteroatoms. The summed E-state index contributed by atoms with van der Waals surface area (Å²) >= 11 is 0. The number of hydrogen-bond acceptors (Lipinski definition) is 7. The van der Waals surface area contributed by atoms with Gasteiger partial charge in [-0.15, -0.1) is 0 Å². The first-order valence-corrected chi connectivity index (χ1v) is 12.7. The number of benzene rings is 2. The summed E-state index contributed by atoms with van der Waals surface area (Å²) in [6.45, 7) is 1.79. The molecule has 1 aliphatic carbocycles. The zero-order chi connectivity index (χ0) is 28.2. The number of halogens is 3. The van der Waals surface area contributed by atoms with Crippen molar-refractivity contribution in [2.24, 2.45) is 5.73 Å². The molecule has 0 radical (unpaired) electrons. The van der Waals surface area contributed by atoms with Crippen LogP contribution in [-0.4, -0.2) is 39.4 Å². The smallest absolute Gasteiger partial charge is 0.429 e. The summed E-state index contributed by atoms with van der Waals surface area (Å²) in [5.74, 6) is -1.59. The molecule has 0 spiro atoms. The third-order valence-corrected chi connectivity index (χ3v) is 6.58. The number of aliphatic carboxylic acids is 1. The van der Waals surface area contributed by atoms with E-state index in [2.05, 4.69) is 9.97 Å². The number of carboxylic acid groups (broad SMARTS) is 1. The minimum atomic E-state index is -4.77. The van der Waals surface area contributed by atoms with Crippen LogP contribution in [0.15, 0.2) is 48.5 Å². The Hall–Kier alpha value is -3.86. The highest BCUT2D eigenvalue weighted by Crippen LogP contribution is 2.42. The van der Waals surface area contributed by atoms with Gasteiger partial charge in [-0.3, -0.25) is 4.79 Å². The minimum absolute atomic E-state index is 0.116. The number of nitrogen functional groups attached to an aromatic ring is 1. The van der Waals surface area contributed by atoms with Crippen molar-refractivity contribution in [3.63, 3.8) is 0 Å². The largest absolute Gasteiger partial charge is 0.490 e. The van der Waals surface area contributed by atoms with Gasteiger partial charge in [-0.05, 0) is 56.2 Å². The molecule has 0 bridgehead atoms. The number of hydrogen-bond donors (Lipinski definition) is 3. The Balaban J connectivity index is 1.62. The fourth-order valence-electron chi connectivity index (χ4n) is 4.55. The Morgan fingerprint density at radius 3 is 2.41 bits per heavy atom. The maximum Gasteiger partial charge on any atom is 0.429 e. The number of aromatic nitrogens is 2. The Morgan fingerprint density at radius 2 is 1.77 bits per heavy atom. The van der Waals surface area contributed by atoms with Crippen molar-refractivity contribution in [3.8, 4) is 22.9 Å². The molecule has 1 unspecified atom stereocenters. The fraction of sp³-hybridized carbons (Fsp3) is 0.393. The highest BCUT2D eigenvalue weighted by atomic mass is 19.4. The number of nitrogens with two attached hydrogens (primary N) is 2. The van der Waals surface area contributed by atoms with Crippen LogP contribution in [0.4, 0.5) is 19.1 Å². The Kier molecular flexibility index (Phi) is 8.59. The van der Waals surface area contributed by atoms with Gasteiger partial charge in [0.05, 0.1) is 11.8 Å². The van der Waals surface area contributed by atoms with Gasteiger partial charge in [-0.2, -0.15) is 18.2 Å². The lowest BCUT2D eigenvalue weighted by Gasteiger charge is -2.28. The van der Waals surface area contributed by atoms with Gasteiger partial charge in [-0.1, -0.05) is 42.8 Å². The number of aryl methyl sites for hydroxylation is 1. The summed E-state index contributed by atoms with van der Waals surface area (Å²) < 4.78 is 54.6. The van der Waals surface area contributed by atoms with Crippen LogP contribution in [-0.2, 0) is 11.2 Å². The van der Waals surface area contributed by atoms with Crippen LogP contribution in [0.3, 0.4) is 0 Å². The molecule has 0 amide bonds. The van der Waals surface area contributed by atoms with Crippen molar-refractivity contribution in [2.45, 2.75) is 69.9 Å². The van der Waals surface area contributed by atoms with Crippen LogP contribution in [0.2, 0.25) is 0 Å². The second-order valence-corrected chi connectivity index (χ2v) is 9.75. The topological polar surface area (TPSA) is 134 Å². The SMILES string of the molecule is Cc1ccc(C(Oc2cc(-c3ccc(C[C@H](N)C(=O)O)cc3)nc(N)n2)C(F)(F)F)c(OC2CCCCC2)c1. The average Bonchev–Trinajstić information content (AvgIpc) is 2.88. The van der Waals surface area contributed by atoms with E-state index in [-0.39, 0.29) is 41.4 Å². The molecule has 2 atom stereocenters. The number of carbonyl (C=O) groups is 1. The second-order valence-electron chi connectivity index (χ2n) is 9.75. The van der Waals surface area contributed by atoms with Gasteiger partial charge >= 0.3 is 12.1 Å². The van der Waals surface area contributed by atoms with E-state index in [0.29, 0.717) is 11.1 Å². The lowest BCUT2D eigenvalue weighted by atomic mass is 9.97. The van der Waals surface area contributed by atoms with Gasteiger partial charge in [0.2, 0.25) is 17.9 Å². The summed E-state index contributed by atoms with van der Waals surface area (Å²) in [5, 5.41) is 9.00. The van der Waals surface area contributed by atoms with Crippen molar-refractivity contribution in [2.75, 3.05) is 5.73 Å². The molecule has 0 saturated heterocycles. The van der Waals surface area contributed by atoms with E-state index in [1.165, 1.54) is 12.1 Å². The van der Waals surface area contributed by atoms with Gasteiger partial charge in [0.15, 0.2) is 0 Å². The molecule has 8 nitrogen and oxygen atoms in total. The zero-order valence-corrected chi connectivity index (χ0v) is 21.4. The first-order chi connectivity index (χ1) is 18.5. The van der Waals surface area contributed by atoms with Crippen molar-refractivity contribution < 1.29 is 32.5 Å². The minimum Gasteiger partial charge on any atom is -0.490 e. The Bertz CT molecular complexity index is 1290. The normalized spacial score (nSPS) is 15.9. The lowest BCUT2D eigenvalue weighted by Crippen LogP contribution is -2.32. The molecular formula is C28H31F3N4O4. The molecule has 1 saturated carbocycles. The standard InChI is InChI=1S/C28H31F3N4O4/c1-16-7-12-20(23(13-16)38-19-5-3-2-4-6-19)25(28(29,30)31)39-24-15-22(34-27(33)35-24)18-10-8-17(9-11-18)14-21(32)26(36)37/h7-13,15,19,21,25H,2-6,14,32H2,1H3,(H,36,37)(H2,33,34,35)/t21-,25?/m0/s1. The lowest BCUT2D eigenvalue weighted by molar-refractivity contribution is -0.199. The monoisotopic (exact) mass is 544 g/mol. The third-order valence-electron chi connectivity index (χ3n) is 6.58. The molecule has 1 aliphatic rings. The molecule has 4 rings (SSSR count). The van der Waals surface area contributed by atoms with Crippen molar-refractivity contribution >= 4 is 11.9 Å². The second kappa shape index (κ2) is 11.9. The molecule has 0 aliphatic heterocycles. The van der Waals surface area contributed by atoms with E-state index in [1.54, 1.807) is 43.3 Å². The van der Waals surface area contributed by atoms with E-state index in [9.17, 15) is 18.0 Å². The Labute approximate surface area is 224 Å². The predicted octanol–water partition coefficient (Wildman–Crippen LogP) is 5.38. The first-order valence-electron chi connectivity index (χ1n) is 12.7. The molecule has 2 aromatic carbocycles. The van der Waals surface area contributed by atoms with Gasteiger partial charge in [0.1, 0.15) is 11.8 Å².